The Morgan fingerprint density at radius 2 is 1.88 bits per heavy atom. The van der Waals surface area contributed by atoms with E-state index in [1.54, 1.807) is 14.0 Å². The highest BCUT2D eigenvalue weighted by Crippen LogP contribution is 2.39. The van der Waals surface area contributed by atoms with Crippen LogP contribution in [0, 0.1) is 5.92 Å². The molecule has 2 N–H and O–H groups in total. The third-order valence-corrected chi connectivity index (χ3v) is 6.89. The van der Waals surface area contributed by atoms with Gasteiger partial charge in [0.05, 0.1) is 19.3 Å². The molecule has 7 nitrogen and oxygen atoms in total. The highest BCUT2D eigenvalue weighted by Gasteiger charge is 2.39. The first-order valence-electron chi connectivity index (χ1n) is 12.0. The van der Waals surface area contributed by atoms with Gasteiger partial charge in [-0.15, -0.1) is 0 Å². The van der Waals surface area contributed by atoms with E-state index in [4.69, 9.17) is 14.2 Å². The topological polar surface area (TPSA) is 94.1 Å². The minimum Gasteiger partial charge on any atom is -0.496 e. The van der Waals surface area contributed by atoms with Crippen molar-refractivity contribution in [3.05, 3.63) is 48.0 Å². The van der Waals surface area contributed by atoms with Crippen molar-refractivity contribution in [2.24, 2.45) is 5.92 Å². The van der Waals surface area contributed by atoms with Crippen molar-refractivity contribution in [2.75, 3.05) is 20.3 Å². The van der Waals surface area contributed by atoms with Gasteiger partial charge in [0.2, 0.25) is 0 Å². The number of nitrogens with one attached hydrogen (secondary N) is 1. The van der Waals surface area contributed by atoms with Crippen molar-refractivity contribution < 1.29 is 28.9 Å². The summed E-state index contributed by atoms with van der Waals surface area (Å²) < 4.78 is 17.3. The van der Waals surface area contributed by atoms with Gasteiger partial charge in [0.1, 0.15) is 23.1 Å². The van der Waals surface area contributed by atoms with Gasteiger partial charge in [0.25, 0.3) is 5.91 Å². The lowest BCUT2D eigenvalue weighted by Crippen LogP contribution is -2.51. The Labute approximate surface area is 200 Å². The smallest absolute Gasteiger partial charge is 0.326 e. The largest absolute Gasteiger partial charge is 0.496 e. The lowest BCUT2D eigenvalue weighted by Gasteiger charge is -2.26. The molecule has 182 valence electrons. The third kappa shape index (κ3) is 5.36. The molecule has 2 atom stereocenters. The summed E-state index contributed by atoms with van der Waals surface area (Å²) in [5.41, 5.74) is 1.65. The van der Waals surface area contributed by atoms with Crippen molar-refractivity contribution in [1.82, 2.24) is 5.32 Å². The zero-order valence-corrected chi connectivity index (χ0v) is 19.8. The number of hydrogen-bond donors (Lipinski definition) is 2. The van der Waals surface area contributed by atoms with Crippen LogP contribution >= 0.6 is 0 Å². The Morgan fingerprint density at radius 3 is 2.47 bits per heavy atom. The maximum absolute atomic E-state index is 12.6. The van der Waals surface area contributed by atoms with Crippen LogP contribution in [-0.2, 0) is 20.7 Å². The second kappa shape index (κ2) is 10.5. The number of benzene rings is 2. The zero-order chi connectivity index (χ0) is 24.1. The van der Waals surface area contributed by atoms with Crippen LogP contribution in [0.1, 0.15) is 44.6 Å². The first-order valence-corrected chi connectivity index (χ1v) is 12.0. The second-order valence-corrected chi connectivity index (χ2v) is 9.39. The number of hydrogen-bond acceptors (Lipinski definition) is 5. The highest BCUT2D eigenvalue weighted by atomic mass is 16.5. The number of carbonyl (C=O) groups is 2. The average molecular weight is 468 g/mol. The molecule has 4 rings (SSSR count). The predicted octanol–water partition coefficient (Wildman–Crippen LogP) is 4.22. The Kier molecular flexibility index (Phi) is 7.41. The Hall–Kier alpha value is -3.06. The molecule has 1 saturated heterocycles. The van der Waals surface area contributed by atoms with Gasteiger partial charge < -0.3 is 24.6 Å². The summed E-state index contributed by atoms with van der Waals surface area (Å²) in [5, 5.41) is 12.3. The van der Waals surface area contributed by atoms with Crippen molar-refractivity contribution in [2.45, 2.75) is 57.1 Å². The lowest BCUT2D eigenvalue weighted by atomic mass is 9.86. The van der Waals surface area contributed by atoms with Crippen LogP contribution in [0.15, 0.2) is 42.5 Å². The standard InChI is InChI=1S/C27H33NO6/c1-27(14-5-15-34-27)26(31)28-21(25(29)30)16-18-10-12-20(13-11-18)24-22(32-2)8-4-9-23(24)33-17-19-6-3-7-19/h4,8-13,19,21H,3,5-7,14-17H2,1-2H3,(H,28,31)(H,29,30)/t21-,27?/m0/s1. The molecule has 34 heavy (non-hydrogen) atoms. The fourth-order valence-corrected chi connectivity index (χ4v) is 4.47. The maximum atomic E-state index is 12.6. The van der Waals surface area contributed by atoms with E-state index in [0.717, 1.165) is 34.6 Å². The van der Waals surface area contributed by atoms with Crippen LogP contribution in [0.4, 0.5) is 0 Å². The van der Waals surface area contributed by atoms with Crippen molar-refractivity contribution in [3.8, 4) is 22.6 Å². The van der Waals surface area contributed by atoms with Crippen LogP contribution in [0.25, 0.3) is 11.1 Å². The number of carbonyl (C=O) groups excluding carboxylic acids is 1. The number of ether oxygens (including phenoxy) is 3. The van der Waals surface area contributed by atoms with Crippen molar-refractivity contribution in [3.63, 3.8) is 0 Å². The van der Waals surface area contributed by atoms with Gasteiger partial charge in [0.15, 0.2) is 0 Å². The van der Waals surface area contributed by atoms with Gasteiger partial charge in [-0.3, -0.25) is 4.79 Å². The van der Waals surface area contributed by atoms with Crippen molar-refractivity contribution in [1.29, 1.82) is 0 Å². The minimum atomic E-state index is -1.07. The summed E-state index contributed by atoms with van der Waals surface area (Å²) in [4.78, 5) is 24.5. The third-order valence-electron chi connectivity index (χ3n) is 6.89. The molecule has 0 aromatic heterocycles. The van der Waals surface area contributed by atoms with E-state index in [0.29, 0.717) is 25.6 Å². The molecule has 0 bridgehead atoms. The Morgan fingerprint density at radius 1 is 1.15 bits per heavy atom. The number of carboxylic acids is 1. The fourth-order valence-electron chi connectivity index (χ4n) is 4.47. The number of amides is 1. The number of rotatable bonds is 10. The normalized spacial score (nSPS) is 20.9. The molecule has 2 fully saturated rings. The summed E-state index contributed by atoms with van der Waals surface area (Å²) in [6, 6.07) is 12.4. The molecule has 0 radical (unpaired) electrons. The quantitative estimate of drug-likeness (QED) is 0.543. The van der Waals surface area contributed by atoms with E-state index in [2.05, 4.69) is 5.32 Å². The van der Waals surface area contributed by atoms with Gasteiger partial charge in [-0.25, -0.2) is 4.79 Å². The molecule has 2 aliphatic rings. The zero-order valence-electron chi connectivity index (χ0n) is 19.8. The van der Waals surface area contributed by atoms with Gasteiger partial charge in [-0.05, 0) is 61.8 Å². The molecular weight excluding hydrogens is 434 g/mol. The SMILES string of the molecule is COc1cccc(OCC2CCC2)c1-c1ccc(C[C@H](NC(=O)C2(C)CCCO2)C(=O)O)cc1. The highest BCUT2D eigenvalue weighted by molar-refractivity contribution is 5.89. The van der Waals surface area contributed by atoms with Crippen LogP contribution in [0.3, 0.4) is 0 Å². The van der Waals surface area contributed by atoms with Gasteiger partial charge in [0, 0.05) is 13.0 Å². The maximum Gasteiger partial charge on any atom is 0.326 e. The van der Waals surface area contributed by atoms with Gasteiger partial charge in [-0.1, -0.05) is 36.8 Å². The molecule has 1 aliphatic heterocycles. The number of aliphatic carboxylic acids is 1. The fraction of sp³-hybridized carbons (Fsp3) is 0.481. The van der Waals surface area contributed by atoms with Crippen LogP contribution in [-0.4, -0.2) is 48.9 Å². The molecular formula is C27H33NO6. The van der Waals surface area contributed by atoms with Crippen LogP contribution in [0.2, 0.25) is 0 Å². The molecule has 1 saturated carbocycles. The summed E-state index contributed by atoms with van der Waals surface area (Å²) in [5.74, 6) is 0.659. The molecule has 7 heteroatoms. The Bertz CT molecular complexity index is 1010. The number of methoxy groups -OCH3 is 1. The lowest BCUT2D eigenvalue weighted by molar-refractivity contribution is -0.147. The first-order chi connectivity index (χ1) is 16.4. The average Bonchev–Trinajstić information content (AvgIpc) is 3.25. The Balaban J connectivity index is 1.48. The second-order valence-electron chi connectivity index (χ2n) is 9.39. The van der Waals surface area contributed by atoms with Crippen LogP contribution in [0.5, 0.6) is 11.5 Å². The summed E-state index contributed by atoms with van der Waals surface area (Å²) in [7, 11) is 1.64. The van der Waals surface area contributed by atoms with Crippen LogP contribution < -0.4 is 14.8 Å². The molecule has 1 unspecified atom stereocenters. The minimum absolute atomic E-state index is 0.175. The van der Waals surface area contributed by atoms with Gasteiger partial charge in [-0.2, -0.15) is 0 Å². The molecule has 1 amide bonds. The monoisotopic (exact) mass is 467 g/mol. The molecule has 2 aromatic carbocycles. The predicted molar refractivity (Wildman–Crippen MR) is 128 cm³/mol. The molecule has 2 aromatic rings. The summed E-state index contributed by atoms with van der Waals surface area (Å²) in [6.45, 7) is 2.92. The van der Waals surface area contributed by atoms with E-state index in [-0.39, 0.29) is 12.3 Å². The van der Waals surface area contributed by atoms with Gasteiger partial charge >= 0.3 is 5.97 Å². The molecule has 1 heterocycles. The first kappa shape index (κ1) is 24.1. The van der Waals surface area contributed by atoms with E-state index >= 15 is 0 Å². The van der Waals surface area contributed by atoms with E-state index < -0.39 is 17.6 Å². The summed E-state index contributed by atoms with van der Waals surface area (Å²) >= 11 is 0. The summed E-state index contributed by atoms with van der Waals surface area (Å²) in [6.07, 6.45) is 5.24. The van der Waals surface area contributed by atoms with Crippen molar-refractivity contribution >= 4 is 11.9 Å². The molecule has 0 spiro atoms. The van der Waals surface area contributed by atoms with E-state index in [9.17, 15) is 14.7 Å². The molecule has 1 aliphatic carbocycles. The van der Waals surface area contributed by atoms with E-state index in [1.807, 2.05) is 42.5 Å². The van der Waals surface area contributed by atoms with E-state index in [1.165, 1.54) is 19.3 Å². The number of carboxylic acid groups (broad SMARTS) is 1.